The molecule has 1 aromatic rings. The number of rotatable bonds is 7. The first-order valence-corrected chi connectivity index (χ1v) is 6.79. The molecule has 0 aliphatic heterocycles. The number of halogens is 1. The number of carbonyl (C=O) groups excluding carboxylic acids is 1. The number of methoxy groups -OCH3 is 1. The van der Waals surface area contributed by atoms with Gasteiger partial charge in [0.25, 0.3) is 0 Å². The number of nitrogens with one attached hydrogen (secondary N) is 1. The Kier molecular flexibility index (Phi) is 7.43. The number of nitrogens with zero attached hydrogens (tertiary/aromatic N) is 1. The number of carbonyl (C=O) groups is 1. The van der Waals surface area contributed by atoms with Crippen molar-refractivity contribution in [2.24, 2.45) is 5.10 Å². The van der Waals surface area contributed by atoms with E-state index in [0.717, 1.165) is 30.7 Å². The first kappa shape index (κ1) is 16.2. The zero-order valence-electron chi connectivity index (χ0n) is 11.7. The van der Waals surface area contributed by atoms with Gasteiger partial charge in [-0.2, -0.15) is 5.10 Å². The molecular formula is C15H19ClN2O2. The number of ether oxygens (including phenoxy) is 1. The third kappa shape index (κ3) is 6.95. The Balaban J connectivity index is 2.26. The lowest BCUT2D eigenvalue weighted by atomic mass is 10.2. The van der Waals surface area contributed by atoms with Crippen molar-refractivity contribution < 1.29 is 9.53 Å². The van der Waals surface area contributed by atoms with Gasteiger partial charge in [0, 0.05) is 16.8 Å². The number of benzene rings is 1. The zero-order chi connectivity index (χ0) is 14.8. The fourth-order valence-corrected chi connectivity index (χ4v) is 1.59. The second-order valence-corrected chi connectivity index (χ2v) is 4.72. The number of unbranched alkanes of at least 4 members (excludes halogenated alkanes) is 1. The van der Waals surface area contributed by atoms with Crippen LogP contribution in [-0.4, -0.2) is 18.8 Å². The lowest BCUT2D eigenvalue weighted by Crippen LogP contribution is -1.97. The standard InChI is InChI=1S/C15H19ClN2O2/c1-12(6-4-3-5-7-15(19)20-2)17-18-14-10-8-13(16)9-11-14/h5,7-11,18H,3-4,6H2,1-2H3/b7-5+,17-12+. The van der Waals surface area contributed by atoms with Gasteiger partial charge >= 0.3 is 5.97 Å². The third-order valence-corrected chi connectivity index (χ3v) is 2.84. The molecule has 1 rings (SSSR count). The molecule has 0 amide bonds. The molecule has 0 spiro atoms. The molecule has 0 radical (unpaired) electrons. The van der Waals surface area contributed by atoms with E-state index in [-0.39, 0.29) is 5.97 Å². The molecule has 0 bridgehead atoms. The summed E-state index contributed by atoms with van der Waals surface area (Å²) in [6.45, 7) is 1.97. The van der Waals surface area contributed by atoms with E-state index in [1.807, 2.05) is 37.3 Å². The Bertz CT molecular complexity index is 481. The molecule has 20 heavy (non-hydrogen) atoms. The molecule has 0 heterocycles. The summed E-state index contributed by atoms with van der Waals surface area (Å²) in [5.74, 6) is -0.320. The molecule has 0 aliphatic rings. The van der Waals surface area contributed by atoms with Crippen molar-refractivity contribution in [3.63, 3.8) is 0 Å². The molecule has 0 saturated heterocycles. The normalized spacial score (nSPS) is 11.7. The van der Waals surface area contributed by atoms with Gasteiger partial charge in [0.05, 0.1) is 12.8 Å². The maximum Gasteiger partial charge on any atom is 0.330 e. The predicted molar refractivity (Wildman–Crippen MR) is 83.2 cm³/mol. The first-order valence-electron chi connectivity index (χ1n) is 6.41. The summed E-state index contributed by atoms with van der Waals surface area (Å²) >= 11 is 5.80. The molecule has 0 aromatic heterocycles. The topological polar surface area (TPSA) is 50.7 Å². The number of esters is 1. The summed E-state index contributed by atoms with van der Waals surface area (Å²) in [5, 5.41) is 4.98. The first-order chi connectivity index (χ1) is 9.61. The van der Waals surface area contributed by atoms with Crippen molar-refractivity contribution in [3.05, 3.63) is 41.4 Å². The molecule has 0 atom stereocenters. The molecule has 5 heteroatoms. The van der Waals surface area contributed by atoms with Crippen LogP contribution < -0.4 is 5.43 Å². The predicted octanol–water partition coefficient (Wildman–Crippen LogP) is 4.03. The molecule has 0 aliphatic carbocycles. The lowest BCUT2D eigenvalue weighted by Gasteiger charge is -2.03. The van der Waals surface area contributed by atoms with Crippen LogP contribution in [0.1, 0.15) is 26.2 Å². The minimum Gasteiger partial charge on any atom is -0.466 e. The number of hydrogen-bond acceptors (Lipinski definition) is 4. The molecule has 1 N–H and O–H groups in total. The Morgan fingerprint density at radius 1 is 1.40 bits per heavy atom. The Hall–Kier alpha value is -1.81. The van der Waals surface area contributed by atoms with Crippen LogP contribution in [-0.2, 0) is 9.53 Å². The number of anilines is 1. The summed E-state index contributed by atoms with van der Waals surface area (Å²) in [4.78, 5) is 10.8. The van der Waals surface area contributed by atoms with Crippen LogP contribution in [0.4, 0.5) is 5.69 Å². The van der Waals surface area contributed by atoms with Gasteiger partial charge < -0.3 is 4.74 Å². The van der Waals surface area contributed by atoms with E-state index in [0.29, 0.717) is 5.02 Å². The molecule has 4 nitrogen and oxygen atoms in total. The summed E-state index contributed by atoms with van der Waals surface area (Å²) in [6.07, 6.45) is 5.88. The van der Waals surface area contributed by atoms with Crippen molar-refractivity contribution in [2.45, 2.75) is 26.2 Å². The molecule has 0 unspecified atom stereocenters. The molecule has 108 valence electrons. The van der Waals surface area contributed by atoms with Crippen LogP contribution >= 0.6 is 11.6 Å². The quantitative estimate of drug-likeness (QED) is 0.272. The minimum absolute atomic E-state index is 0.320. The third-order valence-electron chi connectivity index (χ3n) is 2.58. The largest absolute Gasteiger partial charge is 0.466 e. The van der Waals surface area contributed by atoms with Crippen molar-refractivity contribution in [3.8, 4) is 0 Å². The van der Waals surface area contributed by atoms with Crippen molar-refractivity contribution in [2.75, 3.05) is 12.5 Å². The van der Waals surface area contributed by atoms with Gasteiger partial charge in [-0.3, -0.25) is 5.43 Å². The van der Waals surface area contributed by atoms with Gasteiger partial charge in [0.15, 0.2) is 0 Å². The summed E-state index contributed by atoms with van der Waals surface area (Å²) < 4.78 is 4.50. The van der Waals surface area contributed by atoms with Gasteiger partial charge in [-0.1, -0.05) is 17.7 Å². The highest BCUT2D eigenvalue weighted by Crippen LogP contribution is 2.13. The number of hydrogen-bond donors (Lipinski definition) is 1. The van der Waals surface area contributed by atoms with E-state index < -0.39 is 0 Å². The van der Waals surface area contributed by atoms with E-state index in [1.54, 1.807) is 0 Å². The van der Waals surface area contributed by atoms with E-state index in [9.17, 15) is 4.79 Å². The van der Waals surface area contributed by atoms with Crippen molar-refractivity contribution in [1.29, 1.82) is 0 Å². The molecule has 0 fully saturated rings. The Morgan fingerprint density at radius 2 is 2.10 bits per heavy atom. The van der Waals surface area contributed by atoms with E-state index in [2.05, 4.69) is 15.3 Å². The highest BCUT2D eigenvalue weighted by molar-refractivity contribution is 6.30. The Labute approximate surface area is 124 Å². The van der Waals surface area contributed by atoms with Gasteiger partial charge in [-0.15, -0.1) is 0 Å². The SMILES string of the molecule is COC(=O)/C=C/CCC/C(C)=N/Nc1ccc(Cl)cc1. The fraction of sp³-hybridized carbons (Fsp3) is 0.333. The van der Waals surface area contributed by atoms with Crippen LogP contribution in [0.2, 0.25) is 5.02 Å². The molecule has 0 saturated carbocycles. The average molecular weight is 295 g/mol. The van der Waals surface area contributed by atoms with Gasteiger partial charge in [0.1, 0.15) is 0 Å². The monoisotopic (exact) mass is 294 g/mol. The fourth-order valence-electron chi connectivity index (χ4n) is 1.46. The van der Waals surface area contributed by atoms with Crippen LogP contribution in [0.15, 0.2) is 41.5 Å². The second-order valence-electron chi connectivity index (χ2n) is 4.28. The number of hydrazone groups is 1. The highest BCUT2D eigenvalue weighted by Gasteiger charge is 1.94. The lowest BCUT2D eigenvalue weighted by molar-refractivity contribution is -0.134. The average Bonchev–Trinajstić information content (AvgIpc) is 2.46. The highest BCUT2D eigenvalue weighted by atomic mass is 35.5. The second kappa shape index (κ2) is 9.15. The van der Waals surface area contributed by atoms with E-state index >= 15 is 0 Å². The van der Waals surface area contributed by atoms with Crippen molar-refractivity contribution in [1.82, 2.24) is 0 Å². The summed E-state index contributed by atoms with van der Waals surface area (Å²) in [7, 11) is 1.37. The summed E-state index contributed by atoms with van der Waals surface area (Å²) in [6, 6.07) is 7.37. The van der Waals surface area contributed by atoms with Crippen LogP contribution in [0.5, 0.6) is 0 Å². The van der Waals surface area contributed by atoms with Gasteiger partial charge in [-0.25, -0.2) is 4.79 Å². The summed E-state index contributed by atoms with van der Waals surface area (Å²) in [5.41, 5.74) is 4.89. The van der Waals surface area contributed by atoms with Gasteiger partial charge in [-0.05, 0) is 50.5 Å². The molecular weight excluding hydrogens is 276 g/mol. The van der Waals surface area contributed by atoms with E-state index in [1.165, 1.54) is 13.2 Å². The number of allylic oxidation sites excluding steroid dienone is 1. The van der Waals surface area contributed by atoms with Crippen LogP contribution in [0.3, 0.4) is 0 Å². The Morgan fingerprint density at radius 3 is 2.75 bits per heavy atom. The maximum absolute atomic E-state index is 10.8. The minimum atomic E-state index is -0.320. The van der Waals surface area contributed by atoms with Crippen LogP contribution in [0, 0.1) is 0 Å². The van der Waals surface area contributed by atoms with E-state index in [4.69, 9.17) is 11.6 Å². The zero-order valence-corrected chi connectivity index (χ0v) is 12.5. The smallest absolute Gasteiger partial charge is 0.330 e. The van der Waals surface area contributed by atoms with Gasteiger partial charge in [0.2, 0.25) is 0 Å². The molecule has 1 aromatic carbocycles. The maximum atomic E-state index is 10.8. The van der Waals surface area contributed by atoms with Crippen LogP contribution in [0.25, 0.3) is 0 Å². The van der Waals surface area contributed by atoms with Crippen molar-refractivity contribution >= 4 is 29.0 Å².